The quantitative estimate of drug-likeness (QED) is 0.729. The Morgan fingerprint density at radius 1 is 0.905 bits per heavy atom. The van der Waals surface area contributed by atoms with Crippen molar-refractivity contribution in [3.63, 3.8) is 0 Å². The monoisotopic (exact) mass is 301 g/mol. The van der Waals surface area contributed by atoms with Gasteiger partial charge >= 0.3 is 0 Å². The number of hydrogen-bond acceptors (Lipinski definition) is 2. The van der Waals surface area contributed by atoms with E-state index in [4.69, 9.17) is 0 Å². The second kappa shape index (κ2) is 7.77. The lowest BCUT2D eigenvalue weighted by Gasteiger charge is -2.18. The van der Waals surface area contributed by atoms with Gasteiger partial charge in [0.1, 0.15) is 0 Å². The molecule has 1 atom stereocenters. The summed E-state index contributed by atoms with van der Waals surface area (Å²) in [6.45, 7) is 9.90. The van der Waals surface area contributed by atoms with Gasteiger partial charge in [0.05, 0.1) is 0 Å². The molecule has 0 saturated heterocycles. The molecule has 1 heterocycles. The van der Waals surface area contributed by atoms with Crippen LogP contribution in [0.25, 0.3) is 0 Å². The molecule has 1 aromatic heterocycles. The molecule has 1 unspecified atom stereocenters. The third-order valence-corrected chi connectivity index (χ3v) is 5.18. The second-order valence-corrected chi connectivity index (χ2v) is 7.11. The van der Waals surface area contributed by atoms with Gasteiger partial charge in [-0.05, 0) is 42.1 Å². The average Bonchev–Trinajstić information content (AvgIpc) is 2.94. The summed E-state index contributed by atoms with van der Waals surface area (Å²) in [5.41, 5.74) is 2.81. The Labute approximate surface area is 133 Å². The van der Waals surface area contributed by atoms with E-state index in [1.54, 1.807) is 0 Å². The topological polar surface area (TPSA) is 12.0 Å². The molecule has 0 bridgehead atoms. The zero-order valence-corrected chi connectivity index (χ0v) is 14.5. The molecule has 1 nitrogen and oxygen atoms in total. The molecule has 0 aliphatic carbocycles. The first-order valence-corrected chi connectivity index (χ1v) is 8.86. The first-order chi connectivity index (χ1) is 10.1. The van der Waals surface area contributed by atoms with Crippen molar-refractivity contribution in [2.24, 2.45) is 0 Å². The summed E-state index contributed by atoms with van der Waals surface area (Å²) < 4.78 is 0. The molecular weight excluding hydrogens is 274 g/mol. The smallest absolute Gasteiger partial charge is 0.0368 e. The van der Waals surface area contributed by atoms with Gasteiger partial charge < -0.3 is 5.32 Å². The van der Waals surface area contributed by atoms with Crippen molar-refractivity contribution < 1.29 is 0 Å². The number of thiophene rings is 1. The highest BCUT2D eigenvalue weighted by Crippen LogP contribution is 2.25. The first-order valence-electron chi connectivity index (χ1n) is 8.04. The van der Waals surface area contributed by atoms with E-state index in [2.05, 4.69) is 69.4 Å². The maximum absolute atomic E-state index is 3.63. The number of hydrogen-bond donors (Lipinski definition) is 1. The van der Waals surface area contributed by atoms with Gasteiger partial charge in [-0.25, -0.2) is 0 Å². The number of aryl methyl sites for hydroxylation is 1. The van der Waals surface area contributed by atoms with Gasteiger partial charge in [0.15, 0.2) is 0 Å². The first kappa shape index (κ1) is 16.3. The molecule has 0 spiro atoms. The Balaban J connectivity index is 2.13. The summed E-state index contributed by atoms with van der Waals surface area (Å²) in [5.74, 6) is 0.598. The van der Waals surface area contributed by atoms with Crippen LogP contribution in [-0.4, -0.2) is 6.54 Å². The van der Waals surface area contributed by atoms with E-state index in [0.717, 1.165) is 19.4 Å². The molecule has 0 saturated carbocycles. The van der Waals surface area contributed by atoms with Crippen molar-refractivity contribution in [1.29, 1.82) is 0 Å². The lowest BCUT2D eigenvalue weighted by molar-refractivity contribution is 0.553. The van der Waals surface area contributed by atoms with Gasteiger partial charge in [-0.2, -0.15) is 0 Å². The van der Waals surface area contributed by atoms with E-state index in [1.807, 2.05) is 11.3 Å². The highest BCUT2D eigenvalue weighted by atomic mass is 32.1. The molecule has 0 radical (unpaired) electrons. The molecule has 0 fully saturated rings. The van der Waals surface area contributed by atoms with E-state index in [0.29, 0.717) is 12.0 Å². The van der Waals surface area contributed by atoms with Crippen LogP contribution in [0.1, 0.15) is 60.5 Å². The summed E-state index contributed by atoms with van der Waals surface area (Å²) in [5, 5.41) is 3.63. The Hall–Kier alpha value is -1.12. The zero-order chi connectivity index (χ0) is 15.2. The number of likely N-dealkylation sites (N-methyl/N-ethyl adjacent to an activating group) is 1. The minimum atomic E-state index is 0.416. The van der Waals surface area contributed by atoms with Crippen LogP contribution in [0.15, 0.2) is 36.4 Å². The number of rotatable bonds is 7. The Bertz CT molecular complexity index is 539. The number of benzene rings is 1. The highest BCUT2D eigenvalue weighted by Gasteiger charge is 2.13. The van der Waals surface area contributed by atoms with Gasteiger partial charge in [-0.15, -0.1) is 11.3 Å². The third-order valence-electron chi connectivity index (χ3n) is 3.93. The maximum Gasteiger partial charge on any atom is 0.0368 e. The van der Waals surface area contributed by atoms with Crippen LogP contribution in [-0.2, 0) is 12.8 Å². The zero-order valence-electron chi connectivity index (χ0n) is 13.6. The fourth-order valence-corrected chi connectivity index (χ4v) is 3.59. The Morgan fingerprint density at radius 2 is 1.52 bits per heavy atom. The van der Waals surface area contributed by atoms with Crippen LogP contribution >= 0.6 is 11.3 Å². The van der Waals surface area contributed by atoms with E-state index >= 15 is 0 Å². The van der Waals surface area contributed by atoms with Gasteiger partial charge in [-0.3, -0.25) is 0 Å². The van der Waals surface area contributed by atoms with E-state index < -0.39 is 0 Å². The van der Waals surface area contributed by atoms with Crippen LogP contribution in [0.3, 0.4) is 0 Å². The summed E-state index contributed by atoms with van der Waals surface area (Å²) in [7, 11) is 0. The van der Waals surface area contributed by atoms with Crippen LogP contribution < -0.4 is 5.32 Å². The van der Waals surface area contributed by atoms with Crippen molar-refractivity contribution in [1.82, 2.24) is 5.32 Å². The highest BCUT2D eigenvalue weighted by molar-refractivity contribution is 7.11. The largest absolute Gasteiger partial charge is 0.310 e. The van der Waals surface area contributed by atoms with Crippen LogP contribution in [0.4, 0.5) is 0 Å². The molecular formula is C19H27NS. The molecule has 0 aliphatic rings. The molecule has 2 rings (SSSR count). The minimum absolute atomic E-state index is 0.416. The lowest BCUT2D eigenvalue weighted by Crippen LogP contribution is -2.22. The Morgan fingerprint density at radius 3 is 2.05 bits per heavy atom. The maximum atomic E-state index is 3.63. The van der Waals surface area contributed by atoms with E-state index in [9.17, 15) is 0 Å². The van der Waals surface area contributed by atoms with Gasteiger partial charge in [0.25, 0.3) is 0 Å². The molecule has 0 aliphatic heterocycles. The predicted octanol–water partition coefficient (Wildman–Crippen LogP) is 5.33. The fourth-order valence-electron chi connectivity index (χ4n) is 2.59. The SMILES string of the molecule is CCNC(Cc1ccc(CC)s1)c1ccc(C(C)C)cc1. The lowest BCUT2D eigenvalue weighted by atomic mass is 9.97. The standard InChI is InChI=1S/C19H27NS/c1-5-17-11-12-18(21-17)13-19(20-6-2)16-9-7-15(8-10-16)14(3)4/h7-12,14,19-20H,5-6,13H2,1-4H3. The number of nitrogens with one attached hydrogen (secondary N) is 1. The molecule has 2 aromatic rings. The van der Waals surface area contributed by atoms with Crippen LogP contribution in [0, 0.1) is 0 Å². The van der Waals surface area contributed by atoms with Gasteiger partial charge in [-0.1, -0.05) is 52.0 Å². The average molecular weight is 301 g/mol. The molecule has 2 heteroatoms. The normalized spacial score (nSPS) is 12.8. The summed E-state index contributed by atoms with van der Waals surface area (Å²) in [6, 6.07) is 14.1. The van der Waals surface area contributed by atoms with E-state index in [-0.39, 0.29) is 0 Å². The van der Waals surface area contributed by atoms with Crippen molar-refractivity contribution in [3.05, 3.63) is 57.3 Å². The fraction of sp³-hybridized carbons (Fsp3) is 0.474. The minimum Gasteiger partial charge on any atom is -0.310 e. The van der Waals surface area contributed by atoms with Crippen LogP contribution in [0.2, 0.25) is 0 Å². The third kappa shape index (κ3) is 4.42. The summed E-state index contributed by atoms with van der Waals surface area (Å²) in [4.78, 5) is 2.96. The van der Waals surface area contributed by atoms with Crippen molar-refractivity contribution >= 4 is 11.3 Å². The summed E-state index contributed by atoms with van der Waals surface area (Å²) in [6.07, 6.45) is 2.22. The van der Waals surface area contributed by atoms with Crippen molar-refractivity contribution in [2.75, 3.05) is 6.54 Å². The Kier molecular flexibility index (Phi) is 6.01. The second-order valence-electron chi connectivity index (χ2n) is 5.86. The van der Waals surface area contributed by atoms with Gasteiger partial charge in [0, 0.05) is 22.2 Å². The predicted molar refractivity (Wildman–Crippen MR) is 94.3 cm³/mol. The van der Waals surface area contributed by atoms with Crippen molar-refractivity contribution in [2.45, 2.75) is 52.5 Å². The van der Waals surface area contributed by atoms with Crippen molar-refractivity contribution in [3.8, 4) is 0 Å². The molecule has 0 amide bonds. The van der Waals surface area contributed by atoms with Crippen LogP contribution in [0.5, 0.6) is 0 Å². The summed E-state index contributed by atoms with van der Waals surface area (Å²) >= 11 is 1.95. The van der Waals surface area contributed by atoms with Gasteiger partial charge in [0.2, 0.25) is 0 Å². The molecule has 1 N–H and O–H groups in total. The molecule has 1 aromatic carbocycles. The molecule has 21 heavy (non-hydrogen) atoms. The van der Waals surface area contributed by atoms with E-state index in [1.165, 1.54) is 20.9 Å². The molecule has 114 valence electrons.